The van der Waals surface area contributed by atoms with Crippen LogP contribution in [-0.4, -0.2) is 25.9 Å². The molecule has 0 bridgehead atoms. The topological polar surface area (TPSA) is 61.4 Å². The highest BCUT2D eigenvalue weighted by molar-refractivity contribution is 9.10. The summed E-state index contributed by atoms with van der Waals surface area (Å²) in [4.78, 5) is 27.7. The highest BCUT2D eigenvalue weighted by atomic mass is 79.9. The van der Waals surface area contributed by atoms with Gasteiger partial charge >= 0.3 is 0 Å². The molecule has 5 nitrogen and oxygen atoms in total. The van der Waals surface area contributed by atoms with Gasteiger partial charge in [0.25, 0.3) is 0 Å². The molecule has 2 aromatic rings. The van der Waals surface area contributed by atoms with Crippen LogP contribution in [0, 0.1) is 11.8 Å². The van der Waals surface area contributed by atoms with Crippen LogP contribution in [0.15, 0.2) is 65.2 Å². The smallest absolute Gasteiger partial charge is 0.228 e. The van der Waals surface area contributed by atoms with Crippen LogP contribution in [0.4, 0.5) is 17.1 Å². The van der Waals surface area contributed by atoms with E-state index in [1.807, 2.05) is 79.7 Å². The molecule has 1 aliphatic carbocycles. The number of rotatable bonds is 5. The maximum atomic E-state index is 12.9. The lowest BCUT2D eigenvalue weighted by Gasteiger charge is -2.27. The van der Waals surface area contributed by atoms with Crippen molar-refractivity contribution < 1.29 is 9.59 Å². The van der Waals surface area contributed by atoms with E-state index >= 15 is 0 Å². The van der Waals surface area contributed by atoms with Gasteiger partial charge in [0.2, 0.25) is 11.8 Å². The summed E-state index contributed by atoms with van der Waals surface area (Å²) in [7, 11) is 3.94. The summed E-state index contributed by atoms with van der Waals surface area (Å²) in [6, 6.07) is 15.1. The Bertz CT molecular complexity index is 860. The fraction of sp³-hybridized carbons (Fsp3) is 0.273. The minimum absolute atomic E-state index is 0.127. The number of nitrogens with one attached hydrogen (secondary N) is 2. The van der Waals surface area contributed by atoms with Crippen molar-refractivity contribution in [1.82, 2.24) is 0 Å². The molecule has 2 aromatic carbocycles. The molecule has 0 saturated carbocycles. The van der Waals surface area contributed by atoms with Crippen molar-refractivity contribution >= 4 is 44.8 Å². The SMILES string of the molecule is CN(C)c1ccc(NC(=O)C2CC=CCC2C(=O)Nc2ccc(Br)cc2)cc1. The first kappa shape index (κ1) is 20.1. The van der Waals surface area contributed by atoms with Gasteiger partial charge in [0.05, 0.1) is 11.8 Å². The van der Waals surface area contributed by atoms with Crippen LogP contribution in [0.25, 0.3) is 0 Å². The summed E-state index contributed by atoms with van der Waals surface area (Å²) in [6.07, 6.45) is 5.06. The van der Waals surface area contributed by atoms with Gasteiger partial charge in [-0.05, 0) is 61.4 Å². The maximum absolute atomic E-state index is 12.9. The lowest BCUT2D eigenvalue weighted by atomic mass is 9.81. The number of hydrogen-bond donors (Lipinski definition) is 2. The number of benzene rings is 2. The summed E-state index contributed by atoms with van der Waals surface area (Å²) in [6.45, 7) is 0. The van der Waals surface area contributed by atoms with Crippen LogP contribution in [0.3, 0.4) is 0 Å². The molecule has 2 N–H and O–H groups in total. The van der Waals surface area contributed by atoms with Crippen LogP contribution in [0.5, 0.6) is 0 Å². The first-order chi connectivity index (χ1) is 13.4. The lowest BCUT2D eigenvalue weighted by molar-refractivity contribution is -0.129. The molecule has 28 heavy (non-hydrogen) atoms. The predicted molar refractivity (Wildman–Crippen MR) is 118 cm³/mol. The fourth-order valence-corrected chi connectivity index (χ4v) is 3.50. The first-order valence-electron chi connectivity index (χ1n) is 9.24. The summed E-state index contributed by atoms with van der Waals surface area (Å²) < 4.78 is 0.948. The Morgan fingerprint density at radius 3 is 1.68 bits per heavy atom. The van der Waals surface area contributed by atoms with Crippen molar-refractivity contribution in [2.75, 3.05) is 29.6 Å². The Kier molecular flexibility index (Phi) is 6.52. The van der Waals surface area contributed by atoms with Gasteiger partial charge in [0, 0.05) is 35.6 Å². The van der Waals surface area contributed by atoms with Crippen LogP contribution in [0.1, 0.15) is 12.8 Å². The van der Waals surface area contributed by atoms with Crippen LogP contribution < -0.4 is 15.5 Å². The minimum atomic E-state index is -0.394. The van der Waals surface area contributed by atoms with Crippen molar-refractivity contribution in [3.8, 4) is 0 Å². The number of allylic oxidation sites excluding steroid dienone is 2. The molecule has 0 aromatic heterocycles. The zero-order valence-electron chi connectivity index (χ0n) is 16.0. The Balaban J connectivity index is 1.68. The number of halogens is 1. The third kappa shape index (κ3) is 5.01. The van der Waals surface area contributed by atoms with Gasteiger partial charge in [0.1, 0.15) is 0 Å². The normalized spacial score (nSPS) is 18.4. The summed E-state index contributed by atoms with van der Waals surface area (Å²) in [5.74, 6) is -1.05. The molecule has 3 rings (SSSR count). The summed E-state index contributed by atoms with van der Waals surface area (Å²) >= 11 is 3.38. The molecule has 1 aliphatic rings. The van der Waals surface area contributed by atoms with Crippen molar-refractivity contribution in [3.05, 3.63) is 65.2 Å². The molecule has 2 amide bonds. The fourth-order valence-electron chi connectivity index (χ4n) is 3.24. The number of carbonyl (C=O) groups is 2. The molecule has 0 radical (unpaired) electrons. The van der Waals surface area contributed by atoms with Gasteiger partial charge in [-0.25, -0.2) is 0 Å². The molecular weight excluding hydrogens is 418 g/mol. The standard InChI is InChI=1S/C22H24BrN3O2/c1-26(2)18-13-11-17(12-14-18)25-22(28)20-6-4-3-5-19(20)21(27)24-16-9-7-15(23)8-10-16/h3-4,7-14,19-20H,5-6H2,1-2H3,(H,24,27)(H,25,28). The number of anilines is 3. The summed E-state index contributed by atoms with van der Waals surface area (Å²) in [5.41, 5.74) is 2.52. The first-order valence-corrected chi connectivity index (χ1v) is 10.0. The van der Waals surface area contributed by atoms with E-state index in [2.05, 4.69) is 26.6 Å². The van der Waals surface area contributed by atoms with Gasteiger partial charge in [-0.1, -0.05) is 28.1 Å². The third-order valence-corrected chi connectivity index (χ3v) is 5.40. The molecule has 0 heterocycles. The number of hydrogen-bond acceptors (Lipinski definition) is 3. The lowest BCUT2D eigenvalue weighted by Crippen LogP contribution is -2.37. The largest absolute Gasteiger partial charge is 0.378 e. The second kappa shape index (κ2) is 9.06. The third-order valence-electron chi connectivity index (χ3n) is 4.87. The van der Waals surface area contributed by atoms with E-state index in [-0.39, 0.29) is 11.8 Å². The molecule has 0 aliphatic heterocycles. The Morgan fingerprint density at radius 2 is 1.25 bits per heavy atom. The Labute approximate surface area is 173 Å². The Morgan fingerprint density at radius 1 is 0.821 bits per heavy atom. The average Bonchev–Trinajstić information content (AvgIpc) is 2.70. The predicted octanol–water partition coefficient (Wildman–Crippen LogP) is 4.67. The molecule has 2 atom stereocenters. The molecule has 0 saturated heterocycles. The van der Waals surface area contributed by atoms with E-state index in [1.165, 1.54) is 0 Å². The quantitative estimate of drug-likeness (QED) is 0.662. The van der Waals surface area contributed by atoms with Crippen LogP contribution in [0.2, 0.25) is 0 Å². The minimum Gasteiger partial charge on any atom is -0.378 e. The molecule has 0 spiro atoms. The molecule has 146 valence electrons. The highest BCUT2D eigenvalue weighted by Crippen LogP contribution is 2.29. The van der Waals surface area contributed by atoms with E-state index < -0.39 is 11.8 Å². The van der Waals surface area contributed by atoms with Crippen molar-refractivity contribution in [1.29, 1.82) is 0 Å². The van der Waals surface area contributed by atoms with Crippen LogP contribution >= 0.6 is 15.9 Å². The maximum Gasteiger partial charge on any atom is 0.228 e. The highest BCUT2D eigenvalue weighted by Gasteiger charge is 2.34. The van der Waals surface area contributed by atoms with Crippen molar-refractivity contribution in [3.63, 3.8) is 0 Å². The van der Waals surface area contributed by atoms with E-state index in [0.29, 0.717) is 12.8 Å². The van der Waals surface area contributed by atoms with E-state index in [1.54, 1.807) is 0 Å². The second-order valence-corrected chi connectivity index (χ2v) is 8.00. The van der Waals surface area contributed by atoms with E-state index in [4.69, 9.17) is 0 Å². The Hall–Kier alpha value is -2.60. The second-order valence-electron chi connectivity index (χ2n) is 7.08. The van der Waals surface area contributed by atoms with Crippen LogP contribution in [-0.2, 0) is 9.59 Å². The number of nitrogens with zero attached hydrogens (tertiary/aromatic N) is 1. The molecule has 0 fully saturated rings. The molecular formula is C22H24BrN3O2. The number of carbonyl (C=O) groups excluding carboxylic acids is 2. The van der Waals surface area contributed by atoms with Gasteiger partial charge in [-0.3, -0.25) is 9.59 Å². The van der Waals surface area contributed by atoms with E-state index in [0.717, 1.165) is 21.5 Å². The monoisotopic (exact) mass is 441 g/mol. The summed E-state index contributed by atoms with van der Waals surface area (Å²) in [5, 5.41) is 5.88. The van der Waals surface area contributed by atoms with Gasteiger partial charge < -0.3 is 15.5 Å². The number of amides is 2. The van der Waals surface area contributed by atoms with E-state index in [9.17, 15) is 9.59 Å². The zero-order chi connectivity index (χ0) is 20.1. The van der Waals surface area contributed by atoms with Crippen molar-refractivity contribution in [2.45, 2.75) is 12.8 Å². The van der Waals surface area contributed by atoms with Gasteiger partial charge in [-0.15, -0.1) is 0 Å². The van der Waals surface area contributed by atoms with Gasteiger partial charge in [0.15, 0.2) is 0 Å². The molecule has 6 heteroatoms. The molecule has 2 unspecified atom stereocenters. The van der Waals surface area contributed by atoms with Gasteiger partial charge in [-0.2, -0.15) is 0 Å². The van der Waals surface area contributed by atoms with Crippen molar-refractivity contribution in [2.24, 2.45) is 11.8 Å². The average molecular weight is 442 g/mol. The zero-order valence-corrected chi connectivity index (χ0v) is 17.6.